The van der Waals surface area contributed by atoms with Crippen molar-refractivity contribution in [3.63, 3.8) is 0 Å². The molecule has 0 radical (unpaired) electrons. The molecule has 0 aliphatic carbocycles. The molecule has 0 saturated heterocycles. The van der Waals surface area contributed by atoms with Gasteiger partial charge in [-0.2, -0.15) is 4.98 Å². The van der Waals surface area contributed by atoms with Crippen LogP contribution in [0.25, 0.3) is 0 Å². The predicted octanol–water partition coefficient (Wildman–Crippen LogP) is 5.20. The van der Waals surface area contributed by atoms with E-state index in [9.17, 15) is 0 Å². The first-order chi connectivity index (χ1) is 10.6. The molecule has 0 fully saturated rings. The largest absolute Gasteiger partial charge is 0.354 e. The van der Waals surface area contributed by atoms with Gasteiger partial charge in [-0.15, -0.1) is 0 Å². The Hall–Kier alpha value is -1.62. The van der Waals surface area contributed by atoms with Crippen LogP contribution in [0, 0.1) is 13.8 Å². The number of hydrogen-bond donors (Lipinski definition) is 2. The summed E-state index contributed by atoms with van der Waals surface area (Å²) >= 11 is 3.52. The standard InChI is InChI=1S/C17H23BrN4/c1-4-5-6-9-19-17-20-13(3)11-16(22-17)21-14-7-8-15(18)12(2)10-14/h7-8,10-11H,4-6,9H2,1-3H3,(H2,19,20,21,22). The van der Waals surface area contributed by atoms with Crippen molar-refractivity contribution in [3.05, 3.63) is 40.0 Å². The van der Waals surface area contributed by atoms with Crippen molar-refractivity contribution in [2.24, 2.45) is 0 Å². The van der Waals surface area contributed by atoms with E-state index in [1.807, 2.05) is 25.1 Å². The highest BCUT2D eigenvalue weighted by Gasteiger charge is 2.04. The van der Waals surface area contributed by atoms with Gasteiger partial charge in [0.2, 0.25) is 5.95 Å². The van der Waals surface area contributed by atoms with Gasteiger partial charge < -0.3 is 10.6 Å². The zero-order valence-corrected chi connectivity index (χ0v) is 15.0. The summed E-state index contributed by atoms with van der Waals surface area (Å²) in [5, 5.41) is 6.64. The first-order valence-corrected chi connectivity index (χ1v) is 8.50. The highest BCUT2D eigenvalue weighted by molar-refractivity contribution is 9.10. The second-order valence-corrected chi connectivity index (χ2v) is 6.30. The molecule has 5 heteroatoms. The van der Waals surface area contributed by atoms with Crippen LogP contribution in [0.3, 0.4) is 0 Å². The molecule has 0 spiro atoms. The Morgan fingerprint density at radius 2 is 1.91 bits per heavy atom. The molecule has 0 bridgehead atoms. The number of benzene rings is 1. The van der Waals surface area contributed by atoms with E-state index >= 15 is 0 Å². The van der Waals surface area contributed by atoms with E-state index in [1.165, 1.54) is 18.4 Å². The van der Waals surface area contributed by atoms with Crippen molar-refractivity contribution >= 4 is 33.4 Å². The lowest BCUT2D eigenvalue weighted by atomic mass is 10.2. The smallest absolute Gasteiger partial charge is 0.224 e. The van der Waals surface area contributed by atoms with Crippen LogP contribution in [0.2, 0.25) is 0 Å². The van der Waals surface area contributed by atoms with Crippen LogP contribution in [0.15, 0.2) is 28.7 Å². The summed E-state index contributed by atoms with van der Waals surface area (Å²) in [7, 11) is 0. The van der Waals surface area contributed by atoms with Crippen molar-refractivity contribution in [1.29, 1.82) is 0 Å². The quantitative estimate of drug-likeness (QED) is 0.664. The average molecular weight is 363 g/mol. The van der Waals surface area contributed by atoms with Crippen molar-refractivity contribution in [2.45, 2.75) is 40.0 Å². The van der Waals surface area contributed by atoms with E-state index in [-0.39, 0.29) is 0 Å². The molecule has 1 heterocycles. The average Bonchev–Trinajstić information content (AvgIpc) is 2.47. The first-order valence-electron chi connectivity index (χ1n) is 7.71. The van der Waals surface area contributed by atoms with Gasteiger partial charge in [0.15, 0.2) is 0 Å². The van der Waals surface area contributed by atoms with Crippen molar-refractivity contribution < 1.29 is 0 Å². The van der Waals surface area contributed by atoms with E-state index in [2.05, 4.69) is 56.4 Å². The van der Waals surface area contributed by atoms with Crippen LogP contribution < -0.4 is 10.6 Å². The molecule has 0 unspecified atom stereocenters. The Kier molecular flexibility index (Phi) is 6.19. The van der Waals surface area contributed by atoms with Crippen LogP contribution in [-0.2, 0) is 0 Å². The summed E-state index contributed by atoms with van der Waals surface area (Å²) < 4.78 is 1.11. The Bertz CT molecular complexity index is 628. The molecule has 0 aliphatic heterocycles. The molecule has 22 heavy (non-hydrogen) atoms. The molecule has 118 valence electrons. The van der Waals surface area contributed by atoms with Gasteiger partial charge >= 0.3 is 0 Å². The molecule has 2 N–H and O–H groups in total. The van der Waals surface area contributed by atoms with Gasteiger partial charge in [-0.1, -0.05) is 35.7 Å². The Morgan fingerprint density at radius 3 is 2.64 bits per heavy atom. The predicted molar refractivity (Wildman–Crippen MR) is 96.9 cm³/mol. The number of unbranched alkanes of at least 4 members (excludes halogenated alkanes) is 2. The third-order valence-corrected chi connectivity index (χ3v) is 4.24. The molecule has 1 aromatic carbocycles. The van der Waals surface area contributed by atoms with Gasteiger partial charge in [0, 0.05) is 28.5 Å². The van der Waals surface area contributed by atoms with Gasteiger partial charge in [0.05, 0.1) is 0 Å². The molecule has 1 aromatic heterocycles. The summed E-state index contributed by atoms with van der Waals surface area (Å²) in [6.45, 7) is 7.16. The Balaban J connectivity index is 2.06. The SMILES string of the molecule is CCCCCNc1nc(C)cc(Nc2ccc(Br)c(C)c2)n1. The molecule has 0 aliphatic rings. The molecule has 0 amide bonds. The summed E-state index contributed by atoms with van der Waals surface area (Å²) in [5.74, 6) is 1.50. The van der Waals surface area contributed by atoms with Gasteiger partial charge in [-0.05, 0) is 44.0 Å². The Morgan fingerprint density at radius 1 is 1.09 bits per heavy atom. The van der Waals surface area contributed by atoms with Gasteiger partial charge in [-0.3, -0.25) is 0 Å². The summed E-state index contributed by atoms with van der Waals surface area (Å²) in [6.07, 6.45) is 3.58. The minimum Gasteiger partial charge on any atom is -0.354 e. The second-order valence-electron chi connectivity index (χ2n) is 5.44. The number of rotatable bonds is 7. The number of halogens is 1. The number of anilines is 3. The Labute approximate surface area is 140 Å². The molecule has 0 saturated carbocycles. The molecule has 4 nitrogen and oxygen atoms in total. The highest BCUT2D eigenvalue weighted by atomic mass is 79.9. The fraction of sp³-hybridized carbons (Fsp3) is 0.412. The fourth-order valence-corrected chi connectivity index (χ4v) is 2.40. The van der Waals surface area contributed by atoms with Gasteiger partial charge in [0.1, 0.15) is 5.82 Å². The third kappa shape index (κ3) is 4.98. The number of aromatic nitrogens is 2. The summed E-state index contributed by atoms with van der Waals surface area (Å²) in [5.41, 5.74) is 3.16. The monoisotopic (exact) mass is 362 g/mol. The van der Waals surface area contributed by atoms with E-state index in [0.29, 0.717) is 5.95 Å². The maximum absolute atomic E-state index is 4.53. The van der Waals surface area contributed by atoms with Crippen LogP contribution in [0.4, 0.5) is 17.5 Å². The van der Waals surface area contributed by atoms with Crippen LogP contribution in [0.5, 0.6) is 0 Å². The third-order valence-electron chi connectivity index (χ3n) is 3.35. The van der Waals surface area contributed by atoms with Crippen molar-refractivity contribution in [3.8, 4) is 0 Å². The lowest BCUT2D eigenvalue weighted by Crippen LogP contribution is -2.07. The lowest BCUT2D eigenvalue weighted by Gasteiger charge is -2.11. The van der Waals surface area contributed by atoms with E-state index < -0.39 is 0 Å². The van der Waals surface area contributed by atoms with Gasteiger partial charge in [-0.25, -0.2) is 4.98 Å². The van der Waals surface area contributed by atoms with Crippen molar-refractivity contribution in [1.82, 2.24) is 9.97 Å². The maximum Gasteiger partial charge on any atom is 0.224 e. The minimum absolute atomic E-state index is 0.687. The normalized spacial score (nSPS) is 10.5. The van der Waals surface area contributed by atoms with Crippen molar-refractivity contribution in [2.75, 3.05) is 17.2 Å². The van der Waals surface area contributed by atoms with E-state index in [1.54, 1.807) is 0 Å². The summed E-state index contributed by atoms with van der Waals surface area (Å²) in [6, 6.07) is 8.11. The molecule has 2 rings (SSSR count). The maximum atomic E-state index is 4.53. The topological polar surface area (TPSA) is 49.8 Å². The molecule has 2 aromatic rings. The molecular formula is C17H23BrN4. The fourth-order valence-electron chi connectivity index (χ4n) is 2.16. The highest BCUT2D eigenvalue weighted by Crippen LogP contribution is 2.23. The minimum atomic E-state index is 0.687. The summed E-state index contributed by atoms with van der Waals surface area (Å²) in [4.78, 5) is 8.97. The number of aryl methyl sites for hydroxylation is 2. The second kappa shape index (κ2) is 8.13. The number of hydrogen-bond acceptors (Lipinski definition) is 4. The van der Waals surface area contributed by atoms with E-state index in [0.717, 1.165) is 34.6 Å². The van der Waals surface area contributed by atoms with Gasteiger partial charge in [0.25, 0.3) is 0 Å². The molecule has 0 atom stereocenters. The number of nitrogens with zero attached hydrogens (tertiary/aromatic N) is 2. The number of nitrogens with one attached hydrogen (secondary N) is 2. The van der Waals surface area contributed by atoms with E-state index in [4.69, 9.17) is 0 Å². The van der Waals surface area contributed by atoms with Crippen LogP contribution in [0.1, 0.15) is 37.4 Å². The first kappa shape index (κ1) is 16.7. The zero-order chi connectivity index (χ0) is 15.9. The zero-order valence-electron chi connectivity index (χ0n) is 13.4. The van der Waals surface area contributed by atoms with Crippen LogP contribution >= 0.6 is 15.9 Å². The van der Waals surface area contributed by atoms with Crippen LogP contribution in [-0.4, -0.2) is 16.5 Å². The lowest BCUT2D eigenvalue weighted by molar-refractivity contribution is 0.740. The molecular weight excluding hydrogens is 340 g/mol.